The van der Waals surface area contributed by atoms with Crippen molar-refractivity contribution in [2.24, 2.45) is 0 Å². The summed E-state index contributed by atoms with van der Waals surface area (Å²) in [7, 11) is 0. The third kappa shape index (κ3) is 4.71. The zero-order valence-electron chi connectivity index (χ0n) is 8.62. The Morgan fingerprint density at radius 1 is 1.44 bits per heavy atom. The van der Waals surface area contributed by atoms with E-state index < -0.39 is 13.0 Å². The molecule has 86 valence electrons. The van der Waals surface area contributed by atoms with Crippen LogP contribution in [0.1, 0.15) is 5.56 Å². The lowest BCUT2D eigenvalue weighted by Gasteiger charge is -2.07. The average Bonchev–Trinajstić information content (AvgIpc) is 2.28. The lowest BCUT2D eigenvalue weighted by molar-refractivity contribution is 0.0215. The van der Waals surface area contributed by atoms with Crippen LogP contribution in [0.15, 0.2) is 24.3 Å². The van der Waals surface area contributed by atoms with Gasteiger partial charge in [0.05, 0.1) is 18.2 Å². The van der Waals surface area contributed by atoms with E-state index in [1.165, 1.54) is 0 Å². The van der Waals surface area contributed by atoms with Crippen LogP contribution < -0.4 is 5.32 Å². The molecule has 0 radical (unpaired) electrons. The highest BCUT2D eigenvalue weighted by Gasteiger charge is 2.00. The normalized spacial score (nSPS) is 10.1. The first-order chi connectivity index (χ1) is 7.72. The summed E-state index contributed by atoms with van der Waals surface area (Å²) in [6.45, 7) is 0.0998. The zero-order chi connectivity index (χ0) is 11.8. The predicted molar refractivity (Wildman–Crippen MR) is 56.5 cm³/mol. The number of ether oxygens (including phenoxy) is 1. The standard InChI is InChI=1S/C11H12F2N2O/c12-11(13)8-16-5-4-15-10-3-1-2-9(6-10)7-14/h1-3,6,11,15H,4-5,8H2. The number of nitrogens with one attached hydrogen (secondary N) is 1. The van der Waals surface area contributed by atoms with Gasteiger partial charge in [0.15, 0.2) is 0 Å². The molecule has 0 heterocycles. The molecule has 0 spiro atoms. The maximum Gasteiger partial charge on any atom is 0.261 e. The number of halogens is 2. The highest BCUT2D eigenvalue weighted by Crippen LogP contribution is 2.08. The zero-order valence-corrected chi connectivity index (χ0v) is 8.62. The van der Waals surface area contributed by atoms with E-state index in [1.807, 2.05) is 6.07 Å². The van der Waals surface area contributed by atoms with Crippen LogP contribution in [0.3, 0.4) is 0 Å². The van der Waals surface area contributed by atoms with Crippen LogP contribution in [0.5, 0.6) is 0 Å². The van der Waals surface area contributed by atoms with Crippen LogP contribution in [0.2, 0.25) is 0 Å². The van der Waals surface area contributed by atoms with Crippen molar-refractivity contribution in [1.29, 1.82) is 5.26 Å². The van der Waals surface area contributed by atoms with E-state index in [-0.39, 0.29) is 6.61 Å². The number of nitriles is 1. The SMILES string of the molecule is N#Cc1cccc(NCCOCC(F)F)c1. The largest absolute Gasteiger partial charge is 0.383 e. The fourth-order valence-corrected chi connectivity index (χ4v) is 1.14. The summed E-state index contributed by atoms with van der Waals surface area (Å²) in [5.41, 5.74) is 1.33. The molecule has 5 heteroatoms. The fraction of sp³-hybridized carbons (Fsp3) is 0.364. The van der Waals surface area contributed by atoms with E-state index in [0.717, 1.165) is 5.69 Å². The van der Waals surface area contributed by atoms with Gasteiger partial charge in [0.1, 0.15) is 6.61 Å². The van der Waals surface area contributed by atoms with Crippen molar-refractivity contribution in [2.75, 3.05) is 25.1 Å². The number of rotatable bonds is 6. The van der Waals surface area contributed by atoms with E-state index in [1.54, 1.807) is 24.3 Å². The Bertz CT molecular complexity index is 363. The molecule has 1 rings (SSSR count). The van der Waals surface area contributed by atoms with E-state index in [4.69, 9.17) is 10.00 Å². The third-order valence-corrected chi connectivity index (χ3v) is 1.81. The number of nitrogens with zero attached hydrogens (tertiary/aromatic N) is 1. The van der Waals surface area contributed by atoms with Gasteiger partial charge in [0.2, 0.25) is 0 Å². The van der Waals surface area contributed by atoms with Crippen molar-refractivity contribution in [3.8, 4) is 6.07 Å². The second-order valence-electron chi connectivity index (χ2n) is 3.09. The highest BCUT2D eigenvalue weighted by atomic mass is 19.3. The fourth-order valence-electron chi connectivity index (χ4n) is 1.14. The highest BCUT2D eigenvalue weighted by molar-refractivity contribution is 5.48. The van der Waals surface area contributed by atoms with Gasteiger partial charge in [-0.2, -0.15) is 5.26 Å². The Labute approximate surface area is 92.6 Å². The van der Waals surface area contributed by atoms with E-state index in [0.29, 0.717) is 12.1 Å². The van der Waals surface area contributed by atoms with Crippen molar-refractivity contribution in [1.82, 2.24) is 0 Å². The molecule has 0 unspecified atom stereocenters. The summed E-state index contributed by atoms with van der Waals surface area (Å²) in [5, 5.41) is 11.6. The molecule has 0 saturated carbocycles. The van der Waals surface area contributed by atoms with Gasteiger partial charge in [0.25, 0.3) is 6.43 Å². The van der Waals surface area contributed by atoms with Crippen LogP contribution in [0.4, 0.5) is 14.5 Å². The van der Waals surface area contributed by atoms with E-state index in [9.17, 15) is 8.78 Å². The van der Waals surface area contributed by atoms with Gasteiger partial charge in [-0.3, -0.25) is 0 Å². The predicted octanol–water partition coefficient (Wildman–Crippen LogP) is 2.25. The van der Waals surface area contributed by atoms with Crippen molar-refractivity contribution >= 4 is 5.69 Å². The number of hydrogen-bond donors (Lipinski definition) is 1. The Balaban J connectivity index is 2.24. The second-order valence-corrected chi connectivity index (χ2v) is 3.09. The van der Waals surface area contributed by atoms with Crippen molar-refractivity contribution in [3.63, 3.8) is 0 Å². The van der Waals surface area contributed by atoms with Gasteiger partial charge in [-0.25, -0.2) is 8.78 Å². The smallest absolute Gasteiger partial charge is 0.261 e. The Hall–Kier alpha value is -1.67. The molecule has 1 aromatic rings. The van der Waals surface area contributed by atoms with Crippen LogP contribution in [0.25, 0.3) is 0 Å². The van der Waals surface area contributed by atoms with Crippen LogP contribution in [0, 0.1) is 11.3 Å². The topological polar surface area (TPSA) is 45.0 Å². The van der Waals surface area contributed by atoms with E-state index >= 15 is 0 Å². The summed E-state index contributed by atoms with van der Waals surface area (Å²) >= 11 is 0. The lowest BCUT2D eigenvalue weighted by atomic mass is 10.2. The molecule has 0 atom stereocenters. The number of hydrogen-bond acceptors (Lipinski definition) is 3. The number of anilines is 1. The molecule has 0 amide bonds. The van der Waals surface area contributed by atoms with Crippen molar-refractivity contribution in [3.05, 3.63) is 29.8 Å². The maximum absolute atomic E-state index is 11.7. The molecule has 0 aliphatic heterocycles. The third-order valence-electron chi connectivity index (χ3n) is 1.81. The molecule has 16 heavy (non-hydrogen) atoms. The summed E-state index contributed by atoms with van der Waals surface area (Å²) in [5.74, 6) is 0. The van der Waals surface area contributed by atoms with Gasteiger partial charge in [-0.05, 0) is 18.2 Å². The lowest BCUT2D eigenvalue weighted by Crippen LogP contribution is -2.13. The summed E-state index contributed by atoms with van der Waals surface area (Å²) in [6, 6.07) is 8.94. The number of alkyl halides is 2. The molecular weight excluding hydrogens is 214 g/mol. The number of benzene rings is 1. The van der Waals surface area contributed by atoms with Gasteiger partial charge in [-0.1, -0.05) is 6.07 Å². The minimum absolute atomic E-state index is 0.209. The Morgan fingerprint density at radius 2 is 2.25 bits per heavy atom. The van der Waals surface area contributed by atoms with Gasteiger partial charge >= 0.3 is 0 Å². The molecule has 0 fully saturated rings. The molecule has 3 nitrogen and oxygen atoms in total. The van der Waals surface area contributed by atoms with Crippen molar-refractivity contribution in [2.45, 2.75) is 6.43 Å². The van der Waals surface area contributed by atoms with Crippen LogP contribution in [-0.2, 0) is 4.74 Å². The quantitative estimate of drug-likeness (QED) is 0.757. The maximum atomic E-state index is 11.7. The molecule has 1 aromatic carbocycles. The molecular formula is C11H12F2N2O. The molecule has 0 aliphatic carbocycles. The summed E-state index contributed by atoms with van der Waals surface area (Å²) in [4.78, 5) is 0. The minimum Gasteiger partial charge on any atom is -0.383 e. The monoisotopic (exact) mass is 226 g/mol. The molecule has 0 aromatic heterocycles. The second kappa shape index (κ2) is 6.75. The first-order valence-corrected chi connectivity index (χ1v) is 4.82. The van der Waals surface area contributed by atoms with Gasteiger partial charge in [0, 0.05) is 12.2 Å². The van der Waals surface area contributed by atoms with Crippen LogP contribution in [-0.4, -0.2) is 26.2 Å². The average molecular weight is 226 g/mol. The Kier molecular flexibility index (Phi) is 5.23. The molecule has 1 N–H and O–H groups in total. The summed E-state index contributed by atoms with van der Waals surface area (Å²) < 4.78 is 28.1. The van der Waals surface area contributed by atoms with Gasteiger partial charge in [-0.15, -0.1) is 0 Å². The molecule has 0 saturated heterocycles. The molecule has 0 bridgehead atoms. The summed E-state index contributed by atoms with van der Waals surface area (Å²) in [6.07, 6.45) is -2.43. The first kappa shape index (κ1) is 12.4. The first-order valence-electron chi connectivity index (χ1n) is 4.82. The molecule has 0 aliphatic rings. The van der Waals surface area contributed by atoms with Gasteiger partial charge < -0.3 is 10.1 Å². The van der Waals surface area contributed by atoms with Crippen molar-refractivity contribution < 1.29 is 13.5 Å². The Morgan fingerprint density at radius 3 is 2.94 bits per heavy atom. The van der Waals surface area contributed by atoms with Crippen LogP contribution >= 0.6 is 0 Å². The minimum atomic E-state index is -2.43. The van der Waals surface area contributed by atoms with E-state index in [2.05, 4.69) is 5.32 Å².